The summed E-state index contributed by atoms with van der Waals surface area (Å²) in [5, 5.41) is 19.4. The SMILES string of the molecule is CC1=C(/C=C/C2=CCC[C@]3(C)[C@@H](C(=O)O)CC[C@@H]23)C[C@@H](O)CC1. The van der Waals surface area contributed by atoms with Gasteiger partial charge in [0.15, 0.2) is 0 Å². The molecule has 0 aliphatic heterocycles. The van der Waals surface area contributed by atoms with Crippen molar-refractivity contribution >= 4 is 5.97 Å². The van der Waals surface area contributed by atoms with E-state index in [1.165, 1.54) is 16.7 Å². The van der Waals surface area contributed by atoms with Gasteiger partial charge < -0.3 is 10.2 Å². The molecule has 126 valence electrons. The molecule has 0 amide bonds. The van der Waals surface area contributed by atoms with Crippen LogP contribution in [0.5, 0.6) is 0 Å². The highest BCUT2D eigenvalue weighted by atomic mass is 16.4. The van der Waals surface area contributed by atoms with Crippen LogP contribution in [-0.4, -0.2) is 22.3 Å². The lowest BCUT2D eigenvalue weighted by Crippen LogP contribution is -2.35. The zero-order chi connectivity index (χ0) is 16.6. The number of hydrogen-bond donors (Lipinski definition) is 2. The van der Waals surface area contributed by atoms with Crippen molar-refractivity contribution in [1.82, 2.24) is 0 Å². The minimum absolute atomic E-state index is 0.101. The Bertz CT molecular complexity index is 584. The molecule has 3 nitrogen and oxygen atoms in total. The Hall–Kier alpha value is -1.35. The molecule has 0 bridgehead atoms. The van der Waals surface area contributed by atoms with Crippen molar-refractivity contribution < 1.29 is 15.0 Å². The second-order valence-corrected chi connectivity index (χ2v) is 7.80. The van der Waals surface area contributed by atoms with Crippen LogP contribution in [-0.2, 0) is 4.79 Å². The minimum atomic E-state index is -0.630. The maximum atomic E-state index is 11.6. The van der Waals surface area contributed by atoms with Gasteiger partial charge in [-0.25, -0.2) is 0 Å². The largest absolute Gasteiger partial charge is 0.481 e. The maximum absolute atomic E-state index is 11.6. The maximum Gasteiger partial charge on any atom is 0.307 e. The molecule has 1 saturated carbocycles. The molecule has 3 heteroatoms. The first-order valence-electron chi connectivity index (χ1n) is 8.89. The molecule has 0 unspecified atom stereocenters. The van der Waals surface area contributed by atoms with Gasteiger partial charge in [0.05, 0.1) is 12.0 Å². The third kappa shape index (κ3) is 3.03. The van der Waals surface area contributed by atoms with Crippen molar-refractivity contribution in [2.45, 2.75) is 64.9 Å². The highest BCUT2D eigenvalue weighted by molar-refractivity contribution is 5.72. The number of aliphatic hydroxyl groups excluding tert-OH is 1. The number of aliphatic carboxylic acids is 1. The number of carboxylic acids is 1. The normalized spacial score (nSPS) is 37.9. The number of carboxylic acid groups (broad SMARTS) is 1. The average molecular weight is 316 g/mol. The third-order valence-corrected chi connectivity index (χ3v) is 6.43. The molecular formula is C20H28O3. The molecule has 0 aromatic heterocycles. The van der Waals surface area contributed by atoms with E-state index < -0.39 is 5.97 Å². The van der Waals surface area contributed by atoms with Gasteiger partial charge >= 0.3 is 5.97 Å². The van der Waals surface area contributed by atoms with Gasteiger partial charge in [-0.05, 0) is 74.3 Å². The Balaban J connectivity index is 1.80. The van der Waals surface area contributed by atoms with Gasteiger partial charge in [-0.2, -0.15) is 0 Å². The van der Waals surface area contributed by atoms with E-state index in [2.05, 4.69) is 32.1 Å². The van der Waals surface area contributed by atoms with E-state index >= 15 is 0 Å². The van der Waals surface area contributed by atoms with Crippen LogP contribution in [0.25, 0.3) is 0 Å². The van der Waals surface area contributed by atoms with E-state index in [1.54, 1.807) is 0 Å². The van der Waals surface area contributed by atoms with Crippen molar-refractivity contribution in [3.8, 4) is 0 Å². The topological polar surface area (TPSA) is 57.5 Å². The van der Waals surface area contributed by atoms with Crippen LogP contribution in [0.2, 0.25) is 0 Å². The van der Waals surface area contributed by atoms with E-state index in [-0.39, 0.29) is 17.4 Å². The Kier molecular flexibility index (Phi) is 4.50. The highest BCUT2D eigenvalue weighted by Crippen LogP contribution is 2.56. The summed E-state index contributed by atoms with van der Waals surface area (Å²) in [7, 11) is 0. The fourth-order valence-corrected chi connectivity index (χ4v) is 4.89. The summed E-state index contributed by atoms with van der Waals surface area (Å²) in [5.41, 5.74) is 3.84. The number of allylic oxidation sites excluding steroid dienone is 5. The number of fused-ring (bicyclic) bond motifs is 1. The standard InChI is InChI=1S/C20H28O3/c1-13-5-8-16(21)12-15(13)7-6-14-4-3-11-20(2)17(14)9-10-18(20)19(22)23/h4,6-7,16-18,21H,3,5,8-12H2,1-2H3,(H,22,23)/b7-6+/t16-,17-,18+,20-/m0/s1. The Morgan fingerprint density at radius 2 is 2.09 bits per heavy atom. The van der Waals surface area contributed by atoms with E-state index in [4.69, 9.17) is 0 Å². The molecule has 3 rings (SSSR count). The van der Waals surface area contributed by atoms with Crippen LogP contribution < -0.4 is 0 Å². The number of rotatable bonds is 3. The second kappa shape index (κ2) is 6.27. The van der Waals surface area contributed by atoms with Crippen molar-refractivity contribution in [2.75, 3.05) is 0 Å². The second-order valence-electron chi connectivity index (χ2n) is 7.80. The molecule has 0 aromatic rings. The number of carbonyl (C=O) groups is 1. The van der Waals surface area contributed by atoms with Crippen molar-refractivity contribution in [1.29, 1.82) is 0 Å². The van der Waals surface area contributed by atoms with Gasteiger partial charge in [0, 0.05) is 0 Å². The summed E-state index contributed by atoms with van der Waals surface area (Å²) in [5.74, 6) is -0.473. The van der Waals surface area contributed by atoms with Crippen LogP contribution >= 0.6 is 0 Å². The molecular weight excluding hydrogens is 288 g/mol. The molecule has 1 fully saturated rings. The molecule has 0 aromatic carbocycles. The number of aliphatic hydroxyl groups is 1. The molecule has 0 saturated heterocycles. The quantitative estimate of drug-likeness (QED) is 0.818. The Morgan fingerprint density at radius 1 is 1.30 bits per heavy atom. The van der Waals surface area contributed by atoms with Crippen LogP contribution in [0, 0.1) is 17.3 Å². The summed E-state index contributed by atoms with van der Waals surface area (Å²) in [4.78, 5) is 11.6. The summed E-state index contributed by atoms with van der Waals surface area (Å²) in [6.07, 6.45) is 12.8. The van der Waals surface area contributed by atoms with Crippen molar-refractivity contribution in [3.63, 3.8) is 0 Å². The molecule has 0 spiro atoms. The third-order valence-electron chi connectivity index (χ3n) is 6.43. The van der Waals surface area contributed by atoms with E-state index in [1.807, 2.05) is 0 Å². The first kappa shape index (κ1) is 16.5. The summed E-state index contributed by atoms with van der Waals surface area (Å²) in [6.45, 7) is 4.32. The van der Waals surface area contributed by atoms with E-state index in [0.717, 1.165) is 44.9 Å². The monoisotopic (exact) mass is 316 g/mol. The summed E-state index contributed by atoms with van der Waals surface area (Å²) >= 11 is 0. The molecule has 23 heavy (non-hydrogen) atoms. The van der Waals surface area contributed by atoms with Crippen molar-refractivity contribution in [2.24, 2.45) is 17.3 Å². The zero-order valence-electron chi connectivity index (χ0n) is 14.2. The van der Waals surface area contributed by atoms with Crippen LogP contribution in [0.15, 0.2) is 34.9 Å². The van der Waals surface area contributed by atoms with Gasteiger partial charge in [-0.1, -0.05) is 30.7 Å². The Labute approximate surface area is 138 Å². The van der Waals surface area contributed by atoms with Gasteiger partial charge in [-0.15, -0.1) is 0 Å². The fraction of sp³-hybridized carbons (Fsp3) is 0.650. The van der Waals surface area contributed by atoms with Crippen LogP contribution in [0.3, 0.4) is 0 Å². The zero-order valence-corrected chi connectivity index (χ0v) is 14.2. The van der Waals surface area contributed by atoms with Crippen LogP contribution in [0.4, 0.5) is 0 Å². The predicted molar refractivity (Wildman–Crippen MR) is 91.0 cm³/mol. The lowest BCUT2D eigenvalue weighted by atomic mass is 9.65. The van der Waals surface area contributed by atoms with Gasteiger partial charge in [0.25, 0.3) is 0 Å². The lowest BCUT2D eigenvalue weighted by molar-refractivity contribution is -0.145. The molecule has 2 N–H and O–H groups in total. The van der Waals surface area contributed by atoms with Gasteiger partial charge in [0.1, 0.15) is 0 Å². The minimum Gasteiger partial charge on any atom is -0.481 e. The van der Waals surface area contributed by atoms with Crippen molar-refractivity contribution in [3.05, 3.63) is 34.9 Å². The average Bonchev–Trinajstić information content (AvgIpc) is 2.86. The first-order valence-corrected chi connectivity index (χ1v) is 8.89. The Morgan fingerprint density at radius 3 is 2.83 bits per heavy atom. The van der Waals surface area contributed by atoms with E-state index in [9.17, 15) is 15.0 Å². The highest BCUT2D eigenvalue weighted by Gasteiger charge is 2.51. The first-order chi connectivity index (χ1) is 10.9. The molecule has 3 aliphatic rings. The van der Waals surface area contributed by atoms with Gasteiger partial charge in [-0.3, -0.25) is 4.79 Å². The molecule has 0 heterocycles. The molecule has 0 radical (unpaired) electrons. The molecule has 4 atom stereocenters. The lowest BCUT2D eigenvalue weighted by Gasteiger charge is -2.39. The smallest absolute Gasteiger partial charge is 0.307 e. The number of hydrogen-bond acceptors (Lipinski definition) is 2. The van der Waals surface area contributed by atoms with E-state index in [0.29, 0.717) is 5.92 Å². The molecule has 3 aliphatic carbocycles. The summed E-state index contributed by atoms with van der Waals surface area (Å²) < 4.78 is 0. The fourth-order valence-electron chi connectivity index (χ4n) is 4.89. The van der Waals surface area contributed by atoms with Crippen LogP contribution in [0.1, 0.15) is 58.8 Å². The predicted octanol–water partition coefficient (Wildman–Crippen LogP) is 4.24. The van der Waals surface area contributed by atoms with Gasteiger partial charge in [0.2, 0.25) is 0 Å². The summed E-state index contributed by atoms with van der Waals surface area (Å²) in [6, 6.07) is 0.